The highest BCUT2D eigenvalue weighted by Gasteiger charge is 2.33. The Morgan fingerprint density at radius 1 is 1.43 bits per heavy atom. The van der Waals surface area contributed by atoms with Gasteiger partial charge in [0.1, 0.15) is 11.9 Å². The van der Waals surface area contributed by atoms with Gasteiger partial charge in [-0.3, -0.25) is 4.79 Å². The SMILES string of the molecule is C[C@H](NC(N)=O)C(=O)N1CCC[C@@H]1C[C@H](O)c1ccc(F)cc1. The third-order valence-electron chi connectivity index (χ3n) is 4.14. The van der Waals surface area contributed by atoms with E-state index in [1.54, 1.807) is 24.0 Å². The Bertz CT molecular complexity index is 564. The van der Waals surface area contributed by atoms with Gasteiger partial charge in [0.15, 0.2) is 0 Å². The molecule has 0 spiro atoms. The molecule has 7 heteroatoms. The van der Waals surface area contributed by atoms with Crippen molar-refractivity contribution in [2.24, 2.45) is 5.73 Å². The molecule has 1 fully saturated rings. The molecule has 1 aromatic carbocycles. The number of amides is 3. The zero-order valence-electron chi connectivity index (χ0n) is 13.0. The van der Waals surface area contributed by atoms with Gasteiger partial charge in [0.25, 0.3) is 0 Å². The van der Waals surface area contributed by atoms with E-state index in [4.69, 9.17) is 5.73 Å². The highest BCUT2D eigenvalue weighted by atomic mass is 19.1. The average Bonchev–Trinajstić information content (AvgIpc) is 2.94. The molecule has 1 saturated heterocycles. The molecule has 0 unspecified atom stereocenters. The third-order valence-corrected chi connectivity index (χ3v) is 4.14. The first-order valence-electron chi connectivity index (χ1n) is 7.68. The van der Waals surface area contributed by atoms with E-state index in [9.17, 15) is 19.1 Å². The van der Waals surface area contributed by atoms with Gasteiger partial charge in [0, 0.05) is 12.6 Å². The third kappa shape index (κ3) is 4.41. The van der Waals surface area contributed by atoms with Crippen molar-refractivity contribution in [1.29, 1.82) is 0 Å². The number of urea groups is 1. The van der Waals surface area contributed by atoms with E-state index in [2.05, 4.69) is 5.32 Å². The van der Waals surface area contributed by atoms with E-state index >= 15 is 0 Å². The zero-order valence-corrected chi connectivity index (χ0v) is 13.0. The number of rotatable bonds is 5. The maximum atomic E-state index is 12.9. The predicted octanol–water partition coefficient (Wildman–Crippen LogP) is 1.30. The number of carbonyl (C=O) groups excluding carboxylic acids is 2. The first-order valence-corrected chi connectivity index (χ1v) is 7.68. The van der Waals surface area contributed by atoms with E-state index < -0.39 is 18.2 Å². The summed E-state index contributed by atoms with van der Waals surface area (Å²) in [5.74, 6) is -0.567. The number of carbonyl (C=O) groups is 2. The average molecular weight is 323 g/mol. The highest BCUT2D eigenvalue weighted by Crippen LogP contribution is 2.28. The van der Waals surface area contributed by atoms with Crippen LogP contribution in [0.25, 0.3) is 0 Å². The van der Waals surface area contributed by atoms with Crippen LogP contribution in [-0.4, -0.2) is 40.6 Å². The molecule has 0 aromatic heterocycles. The summed E-state index contributed by atoms with van der Waals surface area (Å²) in [6.07, 6.45) is 1.23. The van der Waals surface area contributed by atoms with Crippen molar-refractivity contribution in [3.63, 3.8) is 0 Å². The second kappa shape index (κ2) is 7.41. The standard InChI is InChI=1S/C16H22FN3O3/c1-10(19-16(18)23)15(22)20-8-2-3-13(20)9-14(21)11-4-6-12(17)7-5-11/h4-7,10,13-14,21H,2-3,8-9H2,1H3,(H3,18,19,23)/t10-,13+,14-/m0/s1. The molecule has 1 aliphatic rings. The normalized spacial score (nSPS) is 20.1. The minimum absolute atomic E-state index is 0.111. The van der Waals surface area contributed by atoms with Crippen LogP contribution in [0.1, 0.15) is 37.9 Å². The van der Waals surface area contributed by atoms with Crippen LogP contribution in [-0.2, 0) is 4.79 Å². The Kier molecular flexibility index (Phi) is 5.54. The summed E-state index contributed by atoms with van der Waals surface area (Å²) in [7, 11) is 0. The van der Waals surface area contributed by atoms with Crippen molar-refractivity contribution in [3.8, 4) is 0 Å². The molecule has 2 rings (SSSR count). The first-order chi connectivity index (χ1) is 10.9. The molecule has 3 amide bonds. The number of aliphatic hydroxyl groups excluding tert-OH is 1. The van der Waals surface area contributed by atoms with E-state index in [0.29, 0.717) is 18.5 Å². The number of aliphatic hydroxyl groups is 1. The van der Waals surface area contributed by atoms with Gasteiger partial charge in [-0.1, -0.05) is 12.1 Å². The number of primary amides is 1. The molecule has 0 aliphatic carbocycles. The fourth-order valence-corrected chi connectivity index (χ4v) is 2.97. The largest absolute Gasteiger partial charge is 0.388 e. The summed E-state index contributed by atoms with van der Waals surface area (Å²) in [5, 5.41) is 12.7. The van der Waals surface area contributed by atoms with Crippen LogP contribution in [0, 0.1) is 5.82 Å². The summed E-state index contributed by atoms with van der Waals surface area (Å²) in [4.78, 5) is 24.9. The highest BCUT2D eigenvalue weighted by molar-refractivity contribution is 5.86. The molecule has 1 aromatic rings. The van der Waals surface area contributed by atoms with Crippen LogP contribution in [0.2, 0.25) is 0 Å². The monoisotopic (exact) mass is 323 g/mol. The quantitative estimate of drug-likeness (QED) is 0.762. The van der Waals surface area contributed by atoms with Gasteiger partial charge in [-0.15, -0.1) is 0 Å². The fourth-order valence-electron chi connectivity index (χ4n) is 2.97. The Labute approximate surface area is 134 Å². The zero-order chi connectivity index (χ0) is 17.0. The van der Waals surface area contributed by atoms with E-state index in [1.807, 2.05) is 0 Å². The van der Waals surface area contributed by atoms with Crippen molar-refractivity contribution < 1.29 is 19.1 Å². The van der Waals surface area contributed by atoms with Gasteiger partial charge >= 0.3 is 6.03 Å². The van der Waals surface area contributed by atoms with Gasteiger partial charge in [-0.25, -0.2) is 9.18 Å². The molecule has 1 heterocycles. The molecule has 1 aliphatic heterocycles. The number of nitrogens with one attached hydrogen (secondary N) is 1. The summed E-state index contributed by atoms with van der Waals surface area (Å²) >= 11 is 0. The van der Waals surface area contributed by atoms with Gasteiger partial charge in [-0.05, 0) is 43.9 Å². The van der Waals surface area contributed by atoms with Gasteiger partial charge < -0.3 is 21.1 Å². The topological polar surface area (TPSA) is 95.7 Å². The fraction of sp³-hybridized carbons (Fsp3) is 0.500. The van der Waals surface area contributed by atoms with Crippen molar-refractivity contribution in [3.05, 3.63) is 35.6 Å². The van der Waals surface area contributed by atoms with Crippen LogP contribution < -0.4 is 11.1 Å². The number of nitrogens with two attached hydrogens (primary N) is 1. The summed E-state index contributed by atoms with van der Waals surface area (Å²) in [6.45, 7) is 2.17. The lowest BCUT2D eigenvalue weighted by Gasteiger charge is -2.29. The van der Waals surface area contributed by atoms with Crippen molar-refractivity contribution in [1.82, 2.24) is 10.2 Å². The molecular weight excluding hydrogens is 301 g/mol. The summed E-state index contributed by atoms with van der Waals surface area (Å²) < 4.78 is 12.9. The van der Waals surface area contributed by atoms with Crippen LogP contribution in [0.15, 0.2) is 24.3 Å². The van der Waals surface area contributed by atoms with E-state index in [0.717, 1.165) is 12.8 Å². The van der Waals surface area contributed by atoms with Crippen LogP contribution in [0.5, 0.6) is 0 Å². The molecular formula is C16H22FN3O3. The van der Waals surface area contributed by atoms with Crippen molar-refractivity contribution in [2.45, 2.75) is 44.4 Å². The molecule has 23 heavy (non-hydrogen) atoms. The van der Waals surface area contributed by atoms with Gasteiger partial charge in [0.2, 0.25) is 5.91 Å². The number of hydrogen-bond acceptors (Lipinski definition) is 3. The number of benzene rings is 1. The Morgan fingerprint density at radius 3 is 2.70 bits per heavy atom. The molecule has 4 N–H and O–H groups in total. The number of hydrogen-bond donors (Lipinski definition) is 3. The summed E-state index contributed by atoms with van der Waals surface area (Å²) in [5.41, 5.74) is 5.66. The van der Waals surface area contributed by atoms with Crippen molar-refractivity contribution in [2.75, 3.05) is 6.54 Å². The Balaban J connectivity index is 1.99. The van der Waals surface area contributed by atoms with Gasteiger partial charge in [-0.2, -0.15) is 0 Å². The second-order valence-electron chi connectivity index (χ2n) is 5.86. The number of halogens is 1. The van der Waals surface area contributed by atoms with Crippen LogP contribution >= 0.6 is 0 Å². The molecule has 0 radical (unpaired) electrons. The minimum atomic E-state index is -0.770. The van der Waals surface area contributed by atoms with Crippen LogP contribution in [0.3, 0.4) is 0 Å². The van der Waals surface area contributed by atoms with Crippen LogP contribution in [0.4, 0.5) is 9.18 Å². The molecule has 0 bridgehead atoms. The second-order valence-corrected chi connectivity index (χ2v) is 5.86. The smallest absolute Gasteiger partial charge is 0.312 e. The lowest BCUT2D eigenvalue weighted by molar-refractivity contribution is -0.134. The van der Waals surface area contributed by atoms with E-state index in [1.165, 1.54) is 12.1 Å². The Hall–Kier alpha value is -2.15. The molecule has 0 saturated carbocycles. The predicted molar refractivity (Wildman–Crippen MR) is 82.9 cm³/mol. The summed E-state index contributed by atoms with van der Waals surface area (Å²) in [6, 6.07) is 4.13. The molecule has 6 nitrogen and oxygen atoms in total. The minimum Gasteiger partial charge on any atom is -0.388 e. The number of likely N-dealkylation sites (tertiary alicyclic amines) is 1. The Morgan fingerprint density at radius 2 is 2.09 bits per heavy atom. The molecule has 126 valence electrons. The number of nitrogens with zero attached hydrogens (tertiary/aromatic N) is 1. The molecule has 3 atom stereocenters. The van der Waals surface area contributed by atoms with E-state index in [-0.39, 0.29) is 17.8 Å². The maximum Gasteiger partial charge on any atom is 0.312 e. The van der Waals surface area contributed by atoms with Gasteiger partial charge in [0.05, 0.1) is 6.10 Å². The first kappa shape index (κ1) is 17.2. The maximum absolute atomic E-state index is 12.9. The van der Waals surface area contributed by atoms with Crippen molar-refractivity contribution >= 4 is 11.9 Å². The lowest BCUT2D eigenvalue weighted by Crippen LogP contribution is -2.50. The lowest BCUT2D eigenvalue weighted by atomic mass is 10.00.